The van der Waals surface area contributed by atoms with Gasteiger partial charge in [0, 0.05) is 12.1 Å². The number of hydrazine groups is 1. The Kier molecular flexibility index (Phi) is 4.73. The van der Waals surface area contributed by atoms with Crippen LogP contribution in [0.3, 0.4) is 0 Å². The van der Waals surface area contributed by atoms with Gasteiger partial charge in [-0.2, -0.15) is 0 Å². The number of ether oxygens (including phenoxy) is 1. The topological polar surface area (TPSA) is 62.4 Å². The van der Waals surface area contributed by atoms with Gasteiger partial charge in [-0.3, -0.25) is 4.79 Å². The molecular formula is C17H17F2N3O2. The molecule has 24 heavy (non-hydrogen) atoms. The highest BCUT2D eigenvalue weighted by Crippen LogP contribution is 2.26. The van der Waals surface area contributed by atoms with E-state index in [1.165, 1.54) is 0 Å². The minimum absolute atomic E-state index is 0.0896. The van der Waals surface area contributed by atoms with Gasteiger partial charge in [-0.05, 0) is 36.2 Å². The van der Waals surface area contributed by atoms with Crippen LogP contribution in [0.1, 0.15) is 18.0 Å². The van der Waals surface area contributed by atoms with E-state index in [1.54, 1.807) is 7.11 Å². The lowest BCUT2D eigenvalue weighted by Gasteiger charge is -2.12. The minimum atomic E-state index is -0.681. The molecule has 0 bridgehead atoms. The van der Waals surface area contributed by atoms with Crippen LogP contribution in [0, 0.1) is 11.6 Å². The zero-order chi connectivity index (χ0) is 17.1. The van der Waals surface area contributed by atoms with Crippen molar-refractivity contribution >= 4 is 11.6 Å². The quantitative estimate of drug-likeness (QED) is 0.805. The Balaban J connectivity index is 1.66. The molecule has 1 aliphatic rings. The summed E-state index contributed by atoms with van der Waals surface area (Å²) in [5, 5.41) is 2.41. The third-order valence-electron chi connectivity index (χ3n) is 3.90. The Hall–Kier alpha value is -2.51. The van der Waals surface area contributed by atoms with Crippen LogP contribution in [0.15, 0.2) is 42.5 Å². The Morgan fingerprint density at radius 2 is 2.04 bits per heavy atom. The van der Waals surface area contributed by atoms with E-state index in [9.17, 15) is 13.6 Å². The molecule has 5 nitrogen and oxygen atoms in total. The molecule has 2 aromatic rings. The molecule has 126 valence electrons. The van der Waals surface area contributed by atoms with E-state index in [0.29, 0.717) is 6.42 Å². The molecule has 0 radical (unpaired) electrons. The number of amides is 1. The fourth-order valence-corrected chi connectivity index (χ4v) is 2.62. The summed E-state index contributed by atoms with van der Waals surface area (Å²) in [6, 6.07) is 9.78. The summed E-state index contributed by atoms with van der Waals surface area (Å²) in [6.07, 6.45) is 0.468. The Bertz CT molecular complexity index is 754. The molecule has 0 aliphatic carbocycles. The van der Waals surface area contributed by atoms with E-state index < -0.39 is 23.6 Å². The first kappa shape index (κ1) is 16.4. The maximum Gasteiger partial charge on any atom is 0.243 e. The summed E-state index contributed by atoms with van der Waals surface area (Å²) < 4.78 is 32.0. The van der Waals surface area contributed by atoms with Gasteiger partial charge in [0.2, 0.25) is 5.91 Å². The van der Waals surface area contributed by atoms with Crippen LogP contribution < -0.4 is 20.9 Å². The highest BCUT2D eigenvalue weighted by atomic mass is 19.1. The molecule has 1 saturated heterocycles. The second-order valence-corrected chi connectivity index (χ2v) is 5.52. The summed E-state index contributed by atoms with van der Waals surface area (Å²) in [7, 11) is 1.59. The molecule has 3 N–H and O–H groups in total. The van der Waals surface area contributed by atoms with Crippen molar-refractivity contribution in [2.24, 2.45) is 0 Å². The van der Waals surface area contributed by atoms with Crippen molar-refractivity contribution in [3.8, 4) is 5.75 Å². The summed E-state index contributed by atoms with van der Waals surface area (Å²) in [5.41, 5.74) is 6.70. The number of methoxy groups -OCH3 is 1. The average Bonchev–Trinajstić information content (AvgIpc) is 3.08. The number of halogens is 2. The number of anilines is 1. The first-order valence-electron chi connectivity index (χ1n) is 7.48. The predicted molar refractivity (Wildman–Crippen MR) is 85.4 cm³/mol. The molecule has 1 aliphatic heterocycles. The summed E-state index contributed by atoms with van der Waals surface area (Å²) in [6.45, 7) is 0. The van der Waals surface area contributed by atoms with Crippen molar-refractivity contribution < 1.29 is 18.3 Å². The number of carbonyl (C=O) groups excluding carboxylic acids is 1. The number of hydrogen-bond acceptors (Lipinski definition) is 4. The van der Waals surface area contributed by atoms with Crippen LogP contribution in [0.4, 0.5) is 14.5 Å². The van der Waals surface area contributed by atoms with Crippen LogP contribution in [0.2, 0.25) is 0 Å². The summed E-state index contributed by atoms with van der Waals surface area (Å²) in [5.74, 6) is -1.00. The Labute approximate surface area is 138 Å². The smallest absolute Gasteiger partial charge is 0.243 e. The van der Waals surface area contributed by atoms with Gasteiger partial charge in [-0.25, -0.2) is 19.6 Å². The van der Waals surface area contributed by atoms with E-state index in [1.807, 2.05) is 24.3 Å². The van der Waals surface area contributed by atoms with E-state index in [4.69, 9.17) is 4.74 Å². The third-order valence-corrected chi connectivity index (χ3v) is 3.90. The molecule has 1 fully saturated rings. The molecule has 1 heterocycles. The first-order chi connectivity index (χ1) is 11.6. The first-order valence-corrected chi connectivity index (χ1v) is 7.48. The number of carbonyl (C=O) groups is 1. The van der Waals surface area contributed by atoms with Gasteiger partial charge in [0.05, 0.1) is 12.8 Å². The Morgan fingerprint density at radius 3 is 2.83 bits per heavy atom. The van der Waals surface area contributed by atoms with Gasteiger partial charge in [0.1, 0.15) is 23.4 Å². The molecule has 0 saturated carbocycles. The van der Waals surface area contributed by atoms with Crippen molar-refractivity contribution in [3.63, 3.8) is 0 Å². The zero-order valence-corrected chi connectivity index (χ0v) is 13.0. The van der Waals surface area contributed by atoms with E-state index in [0.717, 1.165) is 29.5 Å². The lowest BCUT2D eigenvalue weighted by Crippen LogP contribution is -2.39. The standard InChI is InChI=1S/C17H17F2N3O2/c1-24-12-4-2-3-10(7-12)14-9-16(22-21-14)17(23)20-15-8-11(18)5-6-13(15)19/h2-8,14,16,21-22H,9H2,1H3,(H,20,23). The number of nitrogens with one attached hydrogen (secondary N) is 3. The molecular weight excluding hydrogens is 316 g/mol. The zero-order valence-electron chi connectivity index (χ0n) is 13.0. The fraction of sp³-hybridized carbons (Fsp3) is 0.235. The normalized spacial score (nSPS) is 20.0. The van der Waals surface area contributed by atoms with E-state index >= 15 is 0 Å². The highest BCUT2D eigenvalue weighted by Gasteiger charge is 2.30. The lowest BCUT2D eigenvalue weighted by atomic mass is 10.0. The lowest BCUT2D eigenvalue weighted by molar-refractivity contribution is -0.117. The monoisotopic (exact) mass is 333 g/mol. The molecule has 7 heteroatoms. The van der Waals surface area contributed by atoms with Crippen molar-refractivity contribution in [2.45, 2.75) is 18.5 Å². The van der Waals surface area contributed by atoms with Gasteiger partial charge in [0.15, 0.2) is 0 Å². The summed E-state index contributed by atoms with van der Waals surface area (Å²) >= 11 is 0. The molecule has 2 atom stereocenters. The van der Waals surface area contributed by atoms with E-state index in [2.05, 4.69) is 16.2 Å². The minimum Gasteiger partial charge on any atom is -0.497 e. The fourth-order valence-electron chi connectivity index (χ4n) is 2.62. The second-order valence-electron chi connectivity index (χ2n) is 5.52. The van der Waals surface area contributed by atoms with Crippen molar-refractivity contribution in [3.05, 3.63) is 59.7 Å². The number of hydrogen-bond donors (Lipinski definition) is 3. The predicted octanol–water partition coefficient (Wildman–Crippen LogP) is 2.52. The van der Waals surface area contributed by atoms with Crippen LogP contribution >= 0.6 is 0 Å². The SMILES string of the molecule is COc1cccc(C2CC(C(=O)Nc3cc(F)ccc3F)NN2)c1. The molecule has 2 unspecified atom stereocenters. The largest absolute Gasteiger partial charge is 0.497 e. The molecule has 3 rings (SSSR count). The van der Waals surface area contributed by atoms with Gasteiger partial charge in [0.25, 0.3) is 0 Å². The van der Waals surface area contributed by atoms with Gasteiger partial charge in [-0.15, -0.1) is 0 Å². The van der Waals surface area contributed by atoms with Crippen molar-refractivity contribution in [1.82, 2.24) is 10.9 Å². The van der Waals surface area contributed by atoms with Crippen molar-refractivity contribution in [2.75, 3.05) is 12.4 Å². The van der Waals surface area contributed by atoms with Gasteiger partial charge < -0.3 is 10.1 Å². The molecule has 0 aromatic heterocycles. The number of benzene rings is 2. The summed E-state index contributed by atoms with van der Waals surface area (Å²) in [4.78, 5) is 12.3. The second kappa shape index (κ2) is 6.94. The average molecular weight is 333 g/mol. The highest BCUT2D eigenvalue weighted by molar-refractivity contribution is 5.95. The van der Waals surface area contributed by atoms with Crippen LogP contribution in [0.5, 0.6) is 5.75 Å². The van der Waals surface area contributed by atoms with Crippen LogP contribution in [-0.4, -0.2) is 19.1 Å². The van der Waals surface area contributed by atoms with Crippen molar-refractivity contribution in [1.29, 1.82) is 0 Å². The molecule has 2 aromatic carbocycles. The third kappa shape index (κ3) is 3.52. The van der Waals surface area contributed by atoms with Crippen LogP contribution in [-0.2, 0) is 4.79 Å². The number of rotatable bonds is 4. The Morgan fingerprint density at radius 1 is 1.21 bits per heavy atom. The van der Waals surface area contributed by atoms with E-state index in [-0.39, 0.29) is 11.7 Å². The van der Waals surface area contributed by atoms with Crippen LogP contribution in [0.25, 0.3) is 0 Å². The van der Waals surface area contributed by atoms with Gasteiger partial charge in [-0.1, -0.05) is 12.1 Å². The maximum absolute atomic E-state index is 13.6. The van der Waals surface area contributed by atoms with Gasteiger partial charge >= 0.3 is 0 Å². The maximum atomic E-state index is 13.6. The molecule has 0 spiro atoms. The molecule has 1 amide bonds.